The summed E-state index contributed by atoms with van der Waals surface area (Å²) in [5, 5.41) is 13.2. The van der Waals surface area contributed by atoms with Gasteiger partial charge in [0.05, 0.1) is 22.1 Å². The third-order valence-electron chi connectivity index (χ3n) is 2.20. The summed E-state index contributed by atoms with van der Waals surface area (Å²) in [4.78, 5) is 21.8. The van der Waals surface area contributed by atoms with Gasteiger partial charge in [-0.25, -0.2) is 0 Å². The summed E-state index contributed by atoms with van der Waals surface area (Å²) < 4.78 is 4.88. The van der Waals surface area contributed by atoms with Gasteiger partial charge in [0.2, 0.25) is 0 Å². The Labute approximate surface area is 109 Å². The van der Waals surface area contributed by atoms with Crippen LogP contribution in [0, 0.1) is 10.1 Å². The van der Waals surface area contributed by atoms with Gasteiger partial charge in [-0.05, 0) is 13.0 Å². The number of methoxy groups -OCH3 is 1. The molecule has 0 saturated heterocycles. The van der Waals surface area contributed by atoms with E-state index in [2.05, 4.69) is 5.32 Å². The Morgan fingerprint density at radius 3 is 2.78 bits per heavy atom. The maximum absolute atomic E-state index is 11.8. The van der Waals surface area contributed by atoms with Crippen LogP contribution in [0.1, 0.15) is 17.3 Å². The van der Waals surface area contributed by atoms with Gasteiger partial charge in [-0.2, -0.15) is 0 Å². The van der Waals surface area contributed by atoms with E-state index >= 15 is 0 Å². The molecular formula is C11H13ClN2O4. The van der Waals surface area contributed by atoms with E-state index in [0.29, 0.717) is 6.61 Å². The molecule has 1 unspecified atom stereocenters. The van der Waals surface area contributed by atoms with Crippen LogP contribution in [0.25, 0.3) is 0 Å². The number of hydrogen-bond donors (Lipinski definition) is 1. The molecule has 6 nitrogen and oxygen atoms in total. The number of carbonyl (C=O) groups excluding carboxylic acids is 1. The van der Waals surface area contributed by atoms with E-state index in [-0.39, 0.29) is 28.2 Å². The van der Waals surface area contributed by atoms with Crippen molar-refractivity contribution in [3.63, 3.8) is 0 Å². The fourth-order valence-corrected chi connectivity index (χ4v) is 1.66. The molecule has 1 aromatic rings. The minimum atomic E-state index is -0.568. The van der Waals surface area contributed by atoms with Gasteiger partial charge < -0.3 is 10.1 Å². The first-order chi connectivity index (χ1) is 8.45. The number of nitro groups is 1. The summed E-state index contributed by atoms with van der Waals surface area (Å²) in [6, 6.07) is 3.54. The Morgan fingerprint density at radius 1 is 1.61 bits per heavy atom. The lowest BCUT2D eigenvalue weighted by Crippen LogP contribution is -2.35. The van der Waals surface area contributed by atoms with E-state index in [9.17, 15) is 14.9 Å². The predicted molar refractivity (Wildman–Crippen MR) is 66.9 cm³/mol. The summed E-state index contributed by atoms with van der Waals surface area (Å²) in [6.45, 7) is 2.15. The number of benzene rings is 1. The molecule has 0 aliphatic heterocycles. The molecule has 1 amide bonds. The van der Waals surface area contributed by atoms with E-state index in [1.165, 1.54) is 19.2 Å². The highest BCUT2D eigenvalue weighted by molar-refractivity contribution is 6.34. The van der Waals surface area contributed by atoms with Crippen LogP contribution in [0.4, 0.5) is 5.69 Å². The minimum Gasteiger partial charge on any atom is -0.383 e. The second-order valence-electron chi connectivity index (χ2n) is 3.75. The number of carbonyl (C=O) groups is 1. The van der Waals surface area contributed by atoms with Crippen LogP contribution in [-0.2, 0) is 4.74 Å². The average molecular weight is 273 g/mol. The van der Waals surface area contributed by atoms with Crippen LogP contribution in [0.2, 0.25) is 5.02 Å². The lowest BCUT2D eigenvalue weighted by Gasteiger charge is -2.13. The monoisotopic (exact) mass is 272 g/mol. The van der Waals surface area contributed by atoms with E-state index < -0.39 is 4.92 Å². The van der Waals surface area contributed by atoms with Crippen molar-refractivity contribution in [3.8, 4) is 0 Å². The zero-order valence-electron chi connectivity index (χ0n) is 9.97. The third kappa shape index (κ3) is 3.68. The van der Waals surface area contributed by atoms with Crippen LogP contribution in [-0.4, -0.2) is 30.6 Å². The summed E-state index contributed by atoms with van der Waals surface area (Å²) in [7, 11) is 1.53. The molecule has 0 radical (unpaired) electrons. The first kappa shape index (κ1) is 14.4. The molecule has 18 heavy (non-hydrogen) atoms. The Bertz CT molecular complexity index is 464. The predicted octanol–water partition coefficient (Wildman–Crippen LogP) is 2.01. The molecule has 7 heteroatoms. The standard InChI is InChI=1S/C11H13ClN2O4/c1-7(6-18-2)13-11(15)9-4-3-8(14(16)17)5-10(9)12/h3-5,7H,6H2,1-2H3,(H,13,15). The molecular weight excluding hydrogens is 260 g/mol. The molecule has 0 aliphatic rings. The molecule has 0 spiro atoms. The highest BCUT2D eigenvalue weighted by Gasteiger charge is 2.16. The van der Waals surface area contributed by atoms with Crippen molar-refractivity contribution >= 4 is 23.2 Å². The highest BCUT2D eigenvalue weighted by Crippen LogP contribution is 2.22. The number of nitro benzene ring substituents is 1. The van der Waals surface area contributed by atoms with Crippen molar-refractivity contribution < 1.29 is 14.5 Å². The normalized spacial score (nSPS) is 11.9. The molecule has 1 aromatic carbocycles. The van der Waals surface area contributed by atoms with Crippen molar-refractivity contribution in [2.24, 2.45) is 0 Å². The van der Waals surface area contributed by atoms with Gasteiger partial charge in [0.15, 0.2) is 0 Å². The first-order valence-corrected chi connectivity index (χ1v) is 5.57. The van der Waals surface area contributed by atoms with Crippen LogP contribution >= 0.6 is 11.6 Å². The zero-order valence-corrected chi connectivity index (χ0v) is 10.7. The van der Waals surface area contributed by atoms with E-state index in [1.807, 2.05) is 0 Å². The Balaban J connectivity index is 2.84. The summed E-state index contributed by atoms with van der Waals surface area (Å²) in [5.74, 6) is -0.389. The number of ether oxygens (including phenoxy) is 1. The first-order valence-electron chi connectivity index (χ1n) is 5.19. The maximum atomic E-state index is 11.8. The average Bonchev–Trinajstić information content (AvgIpc) is 2.28. The van der Waals surface area contributed by atoms with Gasteiger partial charge in [-0.15, -0.1) is 0 Å². The van der Waals surface area contributed by atoms with Crippen LogP contribution in [0.15, 0.2) is 18.2 Å². The fourth-order valence-electron chi connectivity index (χ4n) is 1.39. The number of hydrogen-bond acceptors (Lipinski definition) is 4. The summed E-state index contributed by atoms with van der Waals surface area (Å²) in [6.07, 6.45) is 0. The van der Waals surface area contributed by atoms with Crippen molar-refractivity contribution in [1.29, 1.82) is 0 Å². The van der Waals surface area contributed by atoms with Crippen molar-refractivity contribution in [3.05, 3.63) is 38.9 Å². The number of amides is 1. The summed E-state index contributed by atoms with van der Waals surface area (Å²) >= 11 is 5.83. The number of non-ortho nitro benzene ring substituents is 1. The Morgan fingerprint density at radius 2 is 2.28 bits per heavy atom. The van der Waals surface area contributed by atoms with Crippen LogP contribution in [0.5, 0.6) is 0 Å². The molecule has 0 saturated carbocycles. The lowest BCUT2D eigenvalue weighted by molar-refractivity contribution is -0.384. The summed E-state index contributed by atoms with van der Waals surface area (Å²) in [5.41, 5.74) is 0.0479. The molecule has 1 rings (SSSR count). The molecule has 98 valence electrons. The zero-order chi connectivity index (χ0) is 13.7. The number of nitrogens with zero attached hydrogens (tertiary/aromatic N) is 1. The van der Waals surface area contributed by atoms with Gasteiger partial charge in [0, 0.05) is 25.3 Å². The second kappa shape index (κ2) is 6.32. The molecule has 0 heterocycles. The molecule has 0 bridgehead atoms. The van der Waals surface area contributed by atoms with Gasteiger partial charge in [-0.1, -0.05) is 11.6 Å². The maximum Gasteiger partial charge on any atom is 0.270 e. The quantitative estimate of drug-likeness (QED) is 0.657. The van der Waals surface area contributed by atoms with E-state index in [0.717, 1.165) is 6.07 Å². The van der Waals surface area contributed by atoms with Crippen molar-refractivity contribution in [2.45, 2.75) is 13.0 Å². The van der Waals surface area contributed by atoms with Gasteiger partial charge in [0.25, 0.3) is 11.6 Å². The Kier molecular flexibility index (Phi) is 5.06. The smallest absolute Gasteiger partial charge is 0.270 e. The third-order valence-corrected chi connectivity index (χ3v) is 2.51. The molecule has 1 N–H and O–H groups in total. The van der Waals surface area contributed by atoms with E-state index in [4.69, 9.17) is 16.3 Å². The second-order valence-corrected chi connectivity index (χ2v) is 4.16. The number of halogens is 1. The number of rotatable bonds is 5. The molecule has 0 aliphatic carbocycles. The SMILES string of the molecule is COCC(C)NC(=O)c1ccc([N+](=O)[O-])cc1Cl. The topological polar surface area (TPSA) is 81.5 Å². The van der Waals surface area contributed by atoms with Gasteiger partial charge in [0.1, 0.15) is 0 Å². The van der Waals surface area contributed by atoms with Gasteiger partial charge in [-0.3, -0.25) is 14.9 Å². The van der Waals surface area contributed by atoms with Gasteiger partial charge >= 0.3 is 0 Å². The fraction of sp³-hybridized carbons (Fsp3) is 0.364. The highest BCUT2D eigenvalue weighted by atomic mass is 35.5. The van der Waals surface area contributed by atoms with Crippen LogP contribution in [0.3, 0.4) is 0 Å². The lowest BCUT2D eigenvalue weighted by atomic mass is 10.2. The van der Waals surface area contributed by atoms with Crippen molar-refractivity contribution in [2.75, 3.05) is 13.7 Å². The van der Waals surface area contributed by atoms with E-state index in [1.54, 1.807) is 6.92 Å². The molecule has 0 fully saturated rings. The minimum absolute atomic E-state index is 0.0475. The molecule has 0 aromatic heterocycles. The number of nitrogens with one attached hydrogen (secondary N) is 1. The van der Waals surface area contributed by atoms with Crippen LogP contribution < -0.4 is 5.32 Å². The molecule has 1 atom stereocenters. The Hall–Kier alpha value is -1.66. The largest absolute Gasteiger partial charge is 0.383 e. The van der Waals surface area contributed by atoms with Crippen molar-refractivity contribution in [1.82, 2.24) is 5.32 Å².